The third-order valence-electron chi connectivity index (χ3n) is 2.04. The molecule has 0 fully saturated rings. The van der Waals surface area contributed by atoms with Crippen molar-refractivity contribution in [1.82, 2.24) is 5.48 Å². The number of hydroxylamine groups is 1. The third kappa shape index (κ3) is 1.19. The fourth-order valence-corrected chi connectivity index (χ4v) is 1.03. The SMILES string of the molecule is CC1C(=NO)N=C(NO)C1C. The molecule has 0 amide bonds. The Morgan fingerprint density at radius 1 is 1.45 bits per heavy atom. The van der Waals surface area contributed by atoms with E-state index < -0.39 is 0 Å². The van der Waals surface area contributed by atoms with Gasteiger partial charge in [0.1, 0.15) is 5.84 Å². The zero-order chi connectivity index (χ0) is 8.43. The van der Waals surface area contributed by atoms with Gasteiger partial charge in [-0.15, -0.1) is 0 Å². The summed E-state index contributed by atoms with van der Waals surface area (Å²) in [6.45, 7) is 3.78. The van der Waals surface area contributed by atoms with E-state index in [-0.39, 0.29) is 11.8 Å². The van der Waals surface area contributed by atoms with Crippen LogP contribution in [0.3, 0.4) is 0 Å². The zero-order valence-corrected chi connectivity index (χ0v) is 6.44. The average molecular weight is 157 g/mol. The average Bonchev–Trinajstić information content (AvgIpc) is 2.30. The van der Waals surface area contributed by atoms with Gasteiger partial charge >= 0.3 is 0 Å². The summed E-state index contributed by atoms with van der Waals surface area (Å²) in [5.74, 6) is 0.930. The molecule has 0 saturated carbocycles. The Morgan fingerprint density at radius 3 is 2.36 bits per heavy atom. The molecule has 0 aromatic rings. The Bertz CT molecular complexity index is 212. The molecule has 0 saturated heterocycles. The first-order valence-corrected chi connectivity index (χ1v) is 3.41. The van der Waals surface area contributed by atoms with Crippen LogP contribution in [0, 0.1) is 11.8 Å². The first-order chi connectivity index (χ1) is 5.20. The topological polar surface area (TPSA) is 77.2 Å². The molecule has 0 radical (unpaired) electrons. The van der Waals surface area contributed by atoms with Crippen LogP contribution in [0.1, 0.15) is 13.8 Å². The van der Waals surface area contributed by atoms with Crippen molar-refractivity contribution in [2.24, 2.45) is 22.0 Å². The smallest absolute Gasteiger partial charge is 0.172 e. The zero-order valence-electron chi connectivity index (χ0n) is 6.44. The minimum absolute atomic E-state index is 0.0506. The maximum absolute atomic E-state index is 8.55. The summed E-state index contributed by atoms with van der Waals surface area (Å²) in [7, 11) is 0. The second-order valence-electron chi connectivity index (χ2n) is 2.64. The van der Waals surface area contributed by atoms with Gasteiger partial charge in [-0.3, -0.25) is 10.7 Å². The van der Waals surface area contributed by atoms with Crippen LogP contribution in [0.4, 0.5) is 0 Å². The van der Waals surface area contributed by atoms with Crippen LogP contribution in [0.5, 0.6) is 0 Å². The van der Waals surface area contributed by atoms with E-state index >= 15 is 0 Å². The van der Waals surface area contributed by atoms with Gasteiger partial charge in [0.25, 0.3) is 0 Å². The first-order valence-electron chi connectivity index (χ1n) is 3.41. The quantitative estimate of drug-likeness (QED) is 0.352. The second-order valence-corrected chi connectivity index (χ2v) is 2.64. The van der Waals surface area contributed by atoms with Crippen molar-refractivity contribution in [3.63, 3.8) is 0 Å². The van der Waals surface area contributed by atoms with Gasteiger partial charge in [0.05, 0.1) is 0 Å². The predicted octanol–water partition coefficient (Wildman–Crippen LogP) is 0.437. The highest BCUT2D eigenvalue weighted by Crippen LogP contribution is 2.21. The molecule has 1 heterocycles. The van der Waals surface area contributed by atoms with Crippen LogP contribution in [-0.2, 0) is 0 Å². The third-order valence-corrected chi connectivity index (χ3v) is 2.04. The number of rotatable bonds is 0. The molecule has 1 aliphatic heterocycles. The van der Waals surface area contributed by atoms with E-state index in [2.05, 4.69) is 10.1 Å². The Kier molecular flexibility index (Phi) is 2.09. The van der Waals surface area contributed by atoms with E-state index in [9.17, 15) is 0 Å². The molecule has 2 unspecified atom stereocenters. The second kappa shape index (κ2) is 2.87. The van der Waals surface area contributed by atoms with Crippen molar-refractivity contribution in [1.29, 1.82) is 0 Å². The summed E-state index contributed by atoms with van der Waals surface area (Å²) in [5.41, 5.74) is 1.97. The summed E-state index contributed by atoms with van der Waals surface area (Å²) in [6, 6.07) is 0. The lowest BCUT2D eigenvalue weighted by Crippen LogP contribution is -2.25. The molecule has 3 N–H and O–H groups in total. The molecular formula is C6H11N3O2. The lowest BCUT2D eigenvalue weighted by Gasteiger charge is -2.08. The predicted molar refractivity (Wildman–Crippen MR) is 39.9 cm³/mol. The minimum atomic E-state index is 0.0506. The summed E-state index contributed by atoms with van der Waals surface area (Å²) in [6.07, 6.45) is 0. The highest BCUT2D eigenvalue weighted by molar-refractivity contribution is 6.05. The van der Waals surface area contributed by atoms with Gasteiger partial charge < -0.3 is 5.21 Å². The van der Waals surface area contributed by atoms with Crippen molar-refractivity contribution in [2.45, 2.75) is 13.8 Å². The molecule has 1 aliphatic rings. The van der Waals surface area contributed by atoms with E-state index in [4.69, 9.17) is 10.4 Å². The first kappa shape index (κ1) is 8.00. The van der Waals surface area contributed by atoms with Gasteiger partial charge in [-0.2, -0.15) is 0 Å². The van der Waals surface area contributed by atoms with Crippen molar-refractivity contribution in [2.75, 3.05) is 0 Å². The highest BCUT2D eigenvalue weighted by atomic mass is 16.5. The van der Waals surface area contributed by atoms with Crippen LogP contribution in [-0.4, -0.2) is 22.1 Å². The molecule has 1 rings (SSSR count). The molecule has 0 aliphatic carbocycles. The van der Waals surface area contributed by atoms with Crippen LogP contribution in [0.15, 0.2) is 10.1 Å². The maximum Gasteiger partial charge on any atom is 0.172 e. The minimum Gasteiger partial charge on any atom is -0.409 e. The van der Waals surface area contributed by atoms with E-state index in [1.165, 1.54) is 0 Å². The standard InChI is InChI=1S/C6H11N3O2/c1-3-4(2)6(9-11)7-5(3)8-10/h3-4,10-11H,1-2H3,(H,7,8,9). The Hall–Kier alpha value is -1.10. The largest absolute Gasteiger partial charge is 0.409 e. The van der Waals surface area contributed by atoms with Crippen molar-refractivity contribution < 1.29 is 10.4 Å². The van der Waals surface area contributed by atoms with Gasteiger partial charge in [-0.05, 0) is 0 Å². The fourth-order valence-electron chi connectivity index (χ4n) is 1.03. The molecule has 0 bridgehead atoms. The van der Waals surface area contributed by atoms with Gasteiger partial charge in [-0.1, -0.05) is 19.0 Å². The monoisotopic (exact) mass is 157 g/mol. The lowest BCUT2D eigenvalue weighted by molar-refractivity contribution is 0.227. The Balaban J connectivity index is 2.85. The number of amidine groups is 2. The van der Waals surface area contributed by atoms with Crippen LogP contribution in [0.2, 0.25) is 0 Å². The van der Waals surface area contributed by atoms with Crippen molar-refractivity contribution >= 4 is 11.7 Å². The number of aliphatic imine (C=N–C) groups is 1. The molecule has 62 valence electrons. The van der Waals surface area contributed by atoms with Crippen LogP contribution in [0.25, 0.3) is 0 Å². The van der Waals surface area contributed by atoms with Gasteiger partial charge in [0.15, 0.2) is 5.84 Å². The van der Waals surface area contributed by atoms with E-state index in [0.717, 1.165) is 0 Å². The van der Waals surface area contributed by atoms with E-state index in [0.29, 0.717) is 11.7 Å². The molecule has 0 spiro atoms. The number of hydrogen-bond acceptors (Lipinski definition) is 4. The van der Waals surface area contributed by atoms with Gasteiger partial charge in [0, 0.05) is 11.8 Å². The van der Waals surface area contributed by atoms with Crippen LogP contribution < -0.4 is 5.48 Å². The van der Waals surface area contributed by atoms with Crippen LogP contribution >= 0.6 is 0 Å². The van der Waals surface area contributed by atoms with Gasteiger partial charge in [-0.25, -0.2) is 4.99 Å². The Morgan fingerprint density at radius 2 is 2.09 bits per heavy atom. The molecule has 2 atom stereocenters. The van der Waals surface area contributed by atoms with Crippen molar-refractivity contribution in [3.8, 4) is 0 Å². The normalized spacial score (nSPS) is 34.1. The van der Waals surface area contributed by atoms with Gasteiger partial charge in [0.2, 0.25) is 0 Å². The van der Waals surface area contributed by atoms with E-state index in [1.54, 1.807) is 0 Å². The molecule has 0 aromatic carbocycles. The molecule has 5 nitrogen and oxygen atoms in total. The number of hydrogen-bond donors (Lipinski definition) is 3. The summed E-state index contributed by atoms with van der Waals surface area (Å²) in [5, 5.41) is 20.0. The molecular weight excluding hydrogens is 146 g/mol. The number of nitrogens with one attached hydrogen (secondary N) is 1. The summed E-state index contributed by atoms with van der Waals surface area (Å²) >= 11 is 0. The number of nitrogens with zero attached hydrogens (tertiary/aromatic N) is 2. The molecule has 5 heteroatoms. The summed E-state index contributed by atoms with van der Waals surface area (Å²) in [4.78, 5) is 3.84. The Labute approximate surface area is 64.4 Å². The van der Waals surface area contributed by atoms with E-state index in [1.807, 2.05) is 19.3 Å². The molecule has 11 heavy (non-hydrogen) atoms. The highest BCUT2D eigenvalue weighted by Gasteiger charge is 2.29. The fraction of sp³-hybridized carbons (Fsp3) is 0.667. The van der Waals surface area contributed by atoms with Crippen molar-refractivity contribution in [3.05, 3.63) is 0 Å². The summed E-state index contributed by atoms with van der Waals surface area (Å²) < 4.78 is 0. The lowest BCUT2D eigenvalue weighted by atomic mass is 9.98. The number of oxime groups is 1. The molecule has 0 aromatic heterocycles. The maximum atomic E-state index is 8.55.